The maximum absolute atomic E-state index is 8.46. The molecule has 0 bridgehead atoms. The molecule has 1 aromatic rings. The largest absolute Gasteiger partial charge is 0.370 e. The van der Waals surface area contributed by atoms with Crippen LogP contribution in [-0.2, 0) is 6.42 Å². The third-order valence-corrected chi connectivity index (χ3v) is 1.49. The number of hydrogen-bond acceptors (Lipinski definition) is 4. The van der Waals surface area contributed by atoms with Gasteiger partial charge in [-0.3, -0.25) is 5.41 Å². The Bertz CT molecular complexity index is 437. The first-order chi connectivity index (χ1) is 7.95. The van der Waals surface area contributed by atoms with Crippen molar-refractivity contribution in [2.75, 3.05) is 5.32 Å². The molecular weight excluding hydrogens is 226 g/mol. The van der Waals surface area contributed by atoms with E-state index in [1.807, 2.05) is 12.1 Å². The summed E-state index contributed by atoms with van der Waals surface area (Å²) in [6.45, 7) is 0. The molecule has 0 saturated heterocycles. The van der Waals surface area contributed by atoms with Gasteiger partial charge in [-0.15, -0.1) is 10.1 Å². The summed E-state index contributed by atoms with van der Waals surface area (Å²) in [6.07, 6.45) is 0.368. The highest BCUT2D eigenvalue weighted by Crippen LogP contribution is 2.10. The lowest BCUT2D eigenvalue weighted by atomic mass is 10.1. The van der Waals surface area contributed by atoms with Gasteiger partial charge in [-0.25, -0.2) is 0 Å². The molecule has 0 heterocycles. The van der Waals surface area contributed by atoms with Gasteiger partial charge < -0.3 is 16.3 Å². The minimum atomic E-state index is -1.50. The van der Waals surface area contributed by atoms with Crippen molar-refractivity contribution in [3.8, 4) is 6.07 Å². The van der Waals surface area contributed by atoms with E-state index in [-0.39, 0.29) is 5.96 Å². The molecule has 17 heavy (non-hydrogen) atoms. The zero-order chi connectivity index (χ0) is 13.3. The number of anilines is 1. The van der Waals surface area contributed by atoms with E-state index in [1.54, 1.807) is 12.1 Å². The SMILES string of the molecule is N#CCc1cccc(NC(=N)N)c1.O=[N+]([O-])O. The van der Waals surface area contributed by atoms with Crippen molar-refractivity contribution in [1.29, 1.82) is 10.7 Å². The molecule has 0 aliphatic carbocycles. The molecule has 5 N–H and O–H groups in total. The van der Waals surface area contributed by atoms with Crippen LogP contribution >= 0.6 is 0 Å². The van der Waals surface area contributed by atoms with Crippen LogP contribution in [0.1, 0.15) is 5.56 Å². The highest BCUT2D eigenvalue weighted by molar-refractivity contribution is 5.89. The van der Waals surface area contributed by atoms with Crippen LogP contribution in [0.25, 0.3) is 0 Å². The third-order valence-electron chi connectivity index (χ3n) is 1.49. The van der Waals surface area contributed by atoms with E-state index in [4.69, 9.17) is 31.7 Å². The molecule has 0 radical (unpaired) electrons. The summed E-state index contributed by atoms with van der Waals surface area (Å²) < 4.78 is 0. The number of rotatable bonds is 2. The second kappa shape index (κ2) is 7.47. The first kappa shape index (κ1) is 14.2. The van der Waals surface area contributed by atoms with E-state index in [0.29, 0.717) is 6.42 Å². The van der Waals surface area contributed by atoms with Crippen molar-refractivity contribution in [2.24, 2.45) is 5.73 Å². The van der Waals surface area contributed by atoms with E-state index in [1.165, 1.54) is 0 Å². The fourth-order valence-electron chi connectivity index (χ4n) is 1.01. The van der Waals surface area contributed by atoms with Crippen molar-refractivity contribution in [3.63, 3.8) is 0 Å². The Morgan fingerprint density at radius 2 is 2.29 bits per heavy atom. The van der Waals surface area contributed by atoms with Crippen LogP contribution in [0, 0.1) is 26.9 Å². The summed E-state index contributed by atoms with van der Waals surface area (Å²) in [6, 6.07) is 9.32. The van der Waals surface area contributed by atoms with Crippen LogP contribution in [0.5, 0.6) is 0 Å². The molecule has 0 amide bonds. The molecule has 0 saturated carbocycles. The smallest absolute Gasteiger partial charge is 0.291 e. The number of hydrogen-bond donors (Lipinski definition) is 4. The van der Waals surface area contributed by atoms with Gasteiger partial charge in [0, 0.05) is 5.69 Å². The van der Waals surface area contributed by atoms with E-state index in [9.17, 15) is 0 Å². The minimum absolute atomic E-state index is 0.103. The summed E-state index contributed by atoms with van der Waals surface area (Å²) in [7, 11) is 0. The average Bonchev–Trinajstić information content (AvgIpc) is 2.16. The first-order valence-corrected chi connectivity index (χ1v) is 4.36. The lowest BCUT2D eigenvalue weighted by Crippen LogP contribution is -2.20. The number of nitrogens with one attached hydrogen (secondary N) is 2. The fraction of sp³-hybridized carbons (Fsp3) is 0.111. The van der Waals surface area contributed by atoms with E-state index in [0.717, 1.165) is 11.3 Å². The third kappa shape index (κ3) is 8.19. The quantitative estimate of drug-likeness (QED) is 0.257. The number of nitriles is 1. The number of benzene rings is 1. The number of guanidine groups is 1. The first-order valence-electron chi connectivity index (χ1n) is 4.36. The van der Waals surface area contributed by atoms with Gasteiger partial charge in [0.05, 0.1) is 12.5 Å². The van der Waals surface area contributed by atoms with Gasteiger partial charge in [0.1, 0.15) is 0 Å². The Morgan fingerprint density at radius 1 is 1.71 bits per heavy atom. The van der Waals surface area contributed by atoms with Crippen molar-refractivity contribution in [2.45, 2.75) is 6.42 Å². The Kier molecular flexibility index (Phi) is 6.23. The lowest BCUT2D eigenvalue weighted by molar-refractivity contribution is -0.742. The van der Waals surface area contributed by atoms with Crippen LogP contribution in [-0.4, -0.2) is 16.3 Å². The molecular formula is C9H11N5O3. The summed E-state index contributed by atoms with van der Waals surface area (Å²) in [5.74, 6) is -0.103. The van der Waals surface area contributed by atoms with E-state index < -0.39 is 5.09 Å². The maximum Gasteiger partial charge on any atom is 0.291 e. The van der Waals surface area contributed by atoms with E-state index >= 15 is 0 Å². The second-order valence-corrected chi connectivity index (χ2v) is 2.81. The Morgan fingerprint density at radius 3 is 2.76 bits per heavy atom. The summed E-state index contributed by atoms with van der Waals surface area (Å²) in [5, 5.41) is 31.8. The Labute approximate surface area is 96.9 Å². The second-order valence-electron chi connectivity index (χ2n) is 2.81. The lowest BCUT2D eigenvalue weighted by Gasteiger charge is -2.03. The van der Waals surface area contributed by atoms with Gasteiger partial charge in [-0.2, -0.15) is 5.26 Å². The van der Waals surface area contributed by atoms with Gasteiger partial charge in [-0.05, 0) is 17.7 Å². The molecule has 1 rings (SSSR count). The molecule has 90 valence electrons. The molecule has 8 heteroatoms. The molecule has 0 spiro atoms. The molecule has 0 unspecified atom stereocenters. The van der Waals surface area contributed by atoms with Crippen molar-refractivity contribution in [1.82, 2.24) is 0 Å². The molecule has 1 aromatic carbocycles. The van der Waals surface area contributed by atoms with Crippen LogP contribution in [0.2, 0.25) is 0 Å². The average molecular weight is 237 g/mol. The van der Waals surface area contributed by atoms with Gasteiger partial charge in [-0.1, -0.05) is 12.1 Å². The minimum Gasteiger partial charge on any atom is -0.370 e. The predicted molar refractivity (Wildman–Crippen MR) is 60.1 cm³/mol. The van der Waals surface area contributed by atoms with Crippen LogP contribution < -0.4 is 11.1 Å². The zero-order valence-electron chi connectivity index (χ0n) is 8.75. The maximum atomic E-state index is 8.46. The van der Waals surface area contributed by atoms with Gasteiger partial charge in [0.2, 0.25) is 0 Å². The molecule has 0 fully saturated rings. The Hall–Kier alpha value is -2.82. The van der Waals surface area contributed by atoms with Gasteiger partial charge in [0.15, 0.2) is 5.96 Å². The molecule has 0 atom stereocenters. The molecule has 0 aromatic heterocycles. The van der Waals surface area contributed by atoms with Gasteiger partial charge in [0.25, 0.3) is 5.09 Å². The van der Waals surface area contributed by atoms with Crippen LogP contribution in [0.15, 0.2) is 24.3 Å². The highest BCUT2D eigenvalue weighted by Gasteiger charge is 1.95. The van der Waals surface area contributed by atoms with Crippen LogP contribution in [0.3, 0.4) is 0 Å². The van der Waals surface area contributed by atoms with Crippen molar-refractivity contribution >= 4 is 11.6 Å². The summed E-state index contributed by atoms with van der Waals surface area (Å²) in [5.41, 5.74) is 6.80. The highest BCUT2D eigenvalue weighted by atomic mass is 16.9. The van der Waals surface area contributed by atoms with E-state index in [2.05, 4.69) is 11.4 Å². The van der Waals surface area contributed by atoms with Gasteiger partial charge >= 0.3 is 0 Å². The summed E-state index contributed by atoms with van der Waals surface area (Å²) in [4.78, 5) is 8.36. The van der Waals surface area contributed by atoms with Crippen molar-refractivity contribution in [3.05, 3.63) is 39.9 Å². The summed E-state index contributed by atoms with van der Waals surface area (Å²) >= 11 is 0. The Balaban J connectivity index is 0.000000557. The predicted octanol–water partition coefficient (Wildman–Crippen LogP) is 0.710. The monoisotopic (exact) mass is 237 g/mol. The standard InChI is InChI=1S/C9H10N4.HNO3/c10-5-4-7-2-1-3-8(6-7)13-9(11)12;2-1(3)4/h1-3,6H,4H2,(H4,11,12,13);(H,2,3,4). The zero-order valence-corrected chi connectivity index (χ0v) is 8.75. The normalized spacial score (nSPS) is 8.18. The topological polar surface area (TPSA) is 149 Å². The number of nitrogens with two attached hydrogens (primary N) is 1. The fourth-order valence-corrected chi connectivity index (χ4v) is 1.01. The molecule has 8 nitrogen and oxygen atoms in total. The van der Waals surface area contributed by atoms with Crippen molar-refractivity contribution < 1.29 is 10.3 Å². The van der Waals surface area contributed by atoms with Crippen LogP contribution in [0.4, 0.5) is 5.69 Å². The molecule has 0 aliphatic rings. The molecule has 0 aliphatic heterocycles. The number of nitrogens with zero attached hydrogens (tertiary/aromatic N) is 2.